The molecule has 10 heavy (non-hydrogen) atoms. The molecule has 0 radical (unpaired) electrons. The smallest absolute Gasteiger partial charge is 0.186 e. The van der Waals surface area contributed by atoms with Crippen LogP contribution in [0.25, 0.3) is 0 Å². The number of methoxy groups -OCH3 is 1. The quantitative estimate of drug-likeness (QED) is 0.504. The van der Waals surface area contributed by atoms with Crippen molar-refractivity contribution in [2.45, 2.75) is 32.7 Å². The van der Waals surface area contributed by atoms with E-state index in [-0.39, 0.29) is 5.54 Å². The average molecular weight is 141 g/mol. The van der Waals surface area contributed by atoms with Gasteiger partial charge in [-0.05, 0) is 20.3 Å². The number of aliphatic imine (C=N–C) groups is 1. The summed E-state index contributed by atoms with van der Waals surface area (Å²) in [5.74, 6) is 1.41. The largest absolute Gasteiger partial charge is 0.484 e. The molecule has 58 valence electrons. The van der Waals surface area contributed by atoms with E-state index in [4.69, 9.17) is 4.74 Å². The van der Waals surface area contributed by atoms with Gasteiger partial charge in [0.25, 0.3) is 0 Å². The molecule has 0 saturated carbocycles. The van der Waals surface area contributed by atoms with E-state index in [2.05, 4.69) is 25.8 Å². The first kappa shape index (κ1) is 7.58. The standard InChI is InChI=1S/C8H15NO/c1-6-5-8(2,3)9-7(6)10-4/h6H,5H2,1-4H3. The predicted octanol–water partition coefficient (Wildman–Crippen LogP) is 1.85. The summed E-state index contributed by atoms with van der Waals surface area (Å²) >= 11 is 0. The molecule has 0 aromatic heterocycles. The number of nitrogens with zero attached hydrogens (tertiary/aromatic N) is 1. The molecule has 2 nitrogen and oxygen atoms in total. The highest BCUT2D eigenvalue weighted by Gasteiger charge is 2.31. The maximum Gasteiger partial charge on any atom is 0.186 e. The minimum Gasteiger partial charge on any atom is -0.484 e. The van der Waals surface area contributed by atoms with Crippen LogP contribution in [0.15, 0.2) is 4.99 Å². The van der Waals surface area contributed by atoms with Crippen molar-refractivity contribution in [3.05, 3.63) is 0 Å². The van der Waals surface area contributed by atoms with Gasteiger partial charge >= 0.3 is 0 Å². The Bertz CT molecular complexity index is 161. The lowest BCUT2D eigenvalue weighted by Crippen LogP contribution is -2.13. The van der Waals surface area contributed by atoms with Gasteiger partial charge in [0, 0.05) is 5.92 Å². The van der Waals surface area contributed by atoms with Gasteiger partial charge in [0.1, 0.15) is 0 Å². The van der Waals surface area contributed by atoms with Crippen LogP contribution in [0.5, 0.6) is 0 Å². The molecule has 0 aromatic carbocycles. The van der Waals surface area contributed by atoms with Crippen LogP contribution in [0.3, 0.4) is 0 Å². The van der Waals surface area contributed by atoms with Gasteiger partial charge in [-0.15, -0.1) is 0 Å². The van der Waals surface area contributed by atoms with Crippen LogP contribution < -0.4 is 0 Å². The summed E-state index contributed by atoms with van der Waals surface area (Å²) in [5, 5.41) is 0. The van der Waals surface area contributed by atoms with Gasteiger partial charge < -0.3 is 4.74 Å². The van der Waals surface area contributed by atoms with Gasteiger partial charge in [0.2, 0.25) is 0 Å². The van der Waals surface area contributed by atoms with Crippen molar-refractivity contribution < 1.29 is 4.74 Å². The fourth-order valence-corrected chi connectivity index (χ4v) is 1.54. The lowest BCUT2D eigenvalue weighted by Gasteiger charge is -2.11. The van der Waals surface area contributed by atoms with E-state index in [1.807, 2.05) is 0 Å². The second kappa shape index (κ2) is 2.26. The normalized spacial score (nSPS) is 30.0. The highest BCUT2D eigenvalue weighted by atomic mass is 16.5. The minimum atomic E-state index is 0.102. The molecular weight excluding hydrogens is 126 g/mol. The van der Waals surface area contributed by atoms with E-state index < -0.39 is 0 Å². The number of hydrogen-bond donors (Lipinski definition) is 0. The maximum atomic E-state index is 5.11. The summed E-state index contributed by atoms with van der Waals surface area (Å²) in [6.07, 6.45) is 1.11. The molecule has 0 aliphatic carbocycles. The molecule has 1 unspecified atom stereocenters. The lowest BCUT2D eigenvalue weighted by molar-refractivity contribution is 0.376. The van der Waals surface area contributed by atoms with E-state index in [9.17, 15) is 0 Å². The van der Waals surface area contributed by atoms with Gasteiger partial charge in [0.15, 0.2) is 5.90 Å². The van der Waals surface area contributed by atoms with Crippen LogP contribution in [0.4, 0.5) is 0 Å². The minimum absolute atomic E-state index is 0.102. The third-order valence-corrected chi connectivity index (χ3v) is 1.85. The van der Waals surface area contributed by atoms with Crippen molar-refractivity contribution in [1.29, 1.82) is 0 Å². The van der Waals surface area contributed by atoms with Crippen LogP contribution in [0, 0.1) is 5.92 Å². The molecule has 1 aliphatic heterocycles. The lowest BCUT2D eigenvalue weighted by atomic mass is 9.97. The third-order valence-electron chi connectivity index (χ3n) is 1.85. The maximum absolute atomic E-state index is 5.11. The fourth-order valence-electron chi connectivity index (χ4n) is 1.54. The van der Waals surface area contributed by atoms with Crippen molar-refractivity contribution in [2.24, 2.45) is 10.9 Å². The molecule has 1 heterocycles. The van der Waals surface area contributed by atoms with E-state index in [1.165, 1.54) is 0 Å². The molecule has 1 atom stereocenters. The summed E-state index contributed by atoms with van der Waals surface area (Å²) in [6.45, 7) is 6.42. The Hall–Kier alpha value is -0.530. The van der Waals surface area contributed by atoms with Crippen molar-refractivity contribution in [3.8, 4) is 0 Å². The molecule has 0 aromatic rings. The van der Waals surface area contributed by atoms with E-state index in [1.54, 1.807) is 7.11 Å². The summed E-state index contributed by atoms with van der Waals surface area (Å²) in [6, 6.07) is 0. The number of hydrogen-bond acceptors (Lipinski definition) is 2. The van der Waals surface area contributed by atoms with Gasteiger partial charge in [0.05, 0.1) is 12.6 Å². The highest BCUT2D eigenvalue weighted by molar-refractivity contribution is 5.80. The summed E-state index contributed by atoms with van der Waals surface area (Å²) in [4.78, 5) is 4.41. The molecular formula is C8H15NO. The average Bonchev–Trinajstić information content (AvgIpc) is 2.05. The zero-order valence-electron chi connectivity index (χ0n) is 7.14. The van der Waals surface area contributed by atoms with Crippen LogP contribution in [-0.4, -0.2) is 18.5 Å². The first-order valence-corrected chi connectivity index (χ1v) is 3.69. The van der Waals surface area contributed by atoms with Gasteiger partial charge in [-0.2, -0.15) is 0 Å². The van der Waals surface area contributed by atoms with Crippen LogP contribution in [-0.2, 0) is 4.74 Å². The second-order valence-electron chi connectivity index (χ2n) is 3.57. The van der Waals surface area contributed by atoms with Crippen LogP contribution >= 0.6 is 0 Å². The Balaban J connectivity index is 2.72. The summed E-state index contributed by atoms with van der Waals surface area (Å²) in [7, 11) is 1.69. The zero-order chi connectivity index (χ0) is 7.78. The van der Waals surface area contributed by atoms with E-state index in [0.29, 0.717) is 5.92 Å². The molecule has 1 aliphatic rings. The Morgan fingerprint density at radius 3 is 2.40 bits per heavy atom. The molecule has 0 N–H and O–H groups in total. The van der Waals surface area contributed by atoms with Gasteiger partial charge in [-0.1, -0.05) is 6.92 Å². The third kappa shape index (κ3) is 1.31. The van der Waals surface area contributed by atoms with Crippen molar-refractivity contribution in [1.82, 2.24) is 0 Å². The molecule has 2 heteroatoms. The SMILES string of the molecule is COC1=NC(C)(C)CC1C. The van der Waals surface area contributed by atoms with Crippen LogP contribution in [0.2, 0.25) is 0 Å². The number of ether oxygens (including phenoxy) is 1. The predicted molar refractivity (Wildman–Crippen MR) is 42.3 cm³/mol. The second-order valence-corrected chi connectivity index (χ2v) is 3.57. The fraction of sp³-hybridized carbons (Fsp3) is 0.875. The van der Waals surface area contributed by atoms with Crippen LogP contribution in [0.1, 0.15) is 27.2 Å². The van der Waals surface area contributed by atoms with Gasteiger partial charge in [-0.3, -0.25) is 0 Å². The van der Waals surface area contributed by atoms with E-state index in [0.717, 1.165) is 12.3 Å². The highest BCUT2D eigenvalue weighted by Crippen LogP contribution is 2.29. The van der Waals surface area contributed by atoms with E-state index >= 15 is 0 Å². The zero-order valence-corrected chi connectivity index (χ0v) is 7.14. The van der Waals surface area contributed by atoms with Crippen molar-refractivity contribution in [3.63, 3.8) is 0 Å². The first-order chi connectivity index (χ1) is 4.55. The first-order valence-electron chi connectivity index (χ1n) is 3.69. The molecule has 0 spiro atoms. The Morgan fingerprint density at radius 1 is 1.60 bits per heavy atom. The topological polar surface area (TPSA) is 21.6 Å². The Morgan fingerprint density at radius 2 is 2.20 bits per heavy atom. The Labute approximate surface area is 62.3 Å². The molecule has 0 fully saturated rings. The summed E-state index contributed by atoms with van der Waals surface area (Å²) < 4.78 is 5.11. The van der Waals surface area contributed by atoms with Crippen molar-refractivity contribution in [2.75, 3.05) is 7.11 Å². The van der Waals surface area contributed by atoms with Crippen molar-refractivity contribution >= 4 is 5.90 Å². The molecule has 0 bridgehead atoms. The Kier molecular flexibility index (Phi) is 1.71. The number of rotatable bonds is 0. The summed E-state index contributed by atoms with van der Waals surface area (Å²) in [5.41, 5.74) is 0.102. The molecule has 0 amide bonds. The molecule has 0 saturated heterocycles. The monoisotopic (exact) mass is 141 g/mol. The molecule has 1 rings (SSSR count). The van der Waals surface area contributed by atoms with Gasteiger partial charge in [-0.25, -0.2) is 4.99 Å².